The highest BCUT2D eigenvalue weighted by Gasteiger charge is 2.22. The number of nitrogens with zero attached hydrogens (tertiary/aromatic N) is 3. The minimum atomic E-state index is -1.44. The average Bonchev–Trinajstić information content (AvgIpc) is 2.29. The molecule has 1 aromatic rings. The van der Waals surface area contributed by atoms with Gasteiger partial charge in [0, 0.05) is 15.5 Å². The third-order valence-corrected chi connectivity index (χ3v) is 2.37. The molecule has 0 saturated carbocycles. The molecule has 0 radical (unpaired) electrons. The van der Waals surface area contributed by atoms with Crippen LogP contribution in [0.3, 0.4) is 0 Å². The van der Waals surface area contributed by atoms with Gasteiger partial charge in [0.05, 0.1) is 18.3 Å². The maximum Gasteiger partial charge on any atom is 0.144 e. The predicted octanol–water partition coefficient (Wildman–Crippen LogP) is 1.33. The second-order valence-electron chi connectivity index (χ2n) is 3.36. The summed E-state index contributed by atoms with van der Waals surface area (Å²) in [5.74, 6) is -0.359. The van der Waals surface area contributed by atoms with Gasteiger partial charge >= 0.3 is 0 Å². The summed E-state index contributed by atoms with van der Waals surface area (Å²) in [6.07, 6.45) is -2.80. The number of nitrogens with two attached hydrogens (primary N) is 1. The number of hydrogen-bond donors (Lipinski definition) is 4. The molecule has 1 rings (SSSR count). The number of anilines is 1. The molecule has 0 aliphatic rings. The highest BCUT2D eigenvalue weighted by atomic mass is 35.5. The average molecular weight is 259 g/mol. The first-order valence-electron chi connectivity index (χ1n) is 4.62. The summed E-state index contributed by atoms with van der Waals surface area (Å²) in [4.78, 5) is 2.45. The summed E-state index contributed by atoms with van der Waals surface area (Å²) in [5, 5.41) is 32.2. The molecule has 7 nitrogen and oxygen atoms in total. The molecule has 0 heterocycles. The number of phenols is 1. The molecule has 2 atom stereocenters. The monoisotopic (exact) mass is 258 g/mol. The Balaban J connectivity index is 3.02. The molecule has 0 saturated heterocycles. The zero-order chi connectivity index (χ0) is 13.0. The number of benzene rings is 1. The van der Waals surface area contributed by atoms with E-state index in [0.29, 0.717) is 0 Å². The number of nitrogen functional groups attached to an aromatic ring is 1. The number of phenolic OH excluding ortho intramolecular Hbond substituents is 1. The summed E-state index contributed by atoms with van der Waals surface area (Å²) in [7, 11) is 0. The first kappa shape index (κ1) is 13.4. The predicted molar refractivity (Wildman–Crippen MR) is 62.5 cm³/mol. The first-order valence-corrected chi connectivity index (χ1v) is 5.00. The third kappa shape index (κ3) is 3.15. The Hall–Kier alpha value is -1.66. The van der Waals surface area contributed by atoms with Crippen LogP contribution in [0.15, 0.2) is 17.2 Å². The van der Waals surface area contributed by atoms with E-state index >= 15 is 0 Å². The van der Waals surface area contributed by atoms with E-state index in [2.05, 4.69) is 10.0 Å². The minimum Gasteiger partial charge on any atom is -0.505 e. The van der Waals surface area contributed by atoms with Crippen molar-refractivity contribution < 1.29 is 15.3 Å². The van der Waals surface area contributed by atoms with E-state index in [1.807, 2.05) is 0 Å². The van der Waals surface area contributed by atoms with Crippen molar-refractivity contribution in [3.05, 3.63) is 33.2 Å². The van der Waals surface area contributed by atoms with Crippen LogP contribution in [0.25, 0.3) is 10.4 Å². The molecule has 92 valence electrons. The third-order valence-electron chi connectivity index (χ3n) is 2.15. The van der Waals surface area contributed by atoms with Gasteiger partial charge in [0.15, 0.2) is 0 Å². The van der Waals surface area contributed by atoms with Crippen molar-refractivity contribution in [1.29, 1.82) is 0 Å². The summed E-state index contributed by atoms with van der Waals surface area (Å²) >= 11 is 5.71. The zero-order valence-electron chi connectivity index (χ0n) is 8.66. The highest BCUT2D eigenvalue weighted by Crippen LogP contribution is 2.34. The van der Waals surface area contributed by atoms with Gasteiger partial charge in [-0.1, -0.05) is 16.7 Å². The fraction of sp³-hybridized carbons (Fsp3) is 0.333. The van der Waals surface area contributed by atoms with Crippen LogP contribution < -0.4 is 5.73 Å². The molecule has 0 amide bonds. The highest BCUT2D eigenvalue weighted by molar-refractivity contribution is 6.31. The summed E-state index contributed by atoms with van der Waals surface area (Å²) < 4.78 is 0. The van der Waals surface area contributed by atoms with E-state index in [1.54, 1.807) is 0 Å². The maximum atomic E-state index is 9.74. The van der Waals surface area contributed by atoms with Crippen LogP contribution in [-0.4, -0.2) is 28.0 Å². The summed E-state index contributed by atoms with van der Waals surface area (Å²) in [6.45, 7) is -0.330. The number of rotatable bonds is 4. The number of halogens is 1. The van der Waals surface area contributed by atoms with Crippen molar-refractivity contribution in [2.75, 3.05) is 12.3 Å². The fourth-order valence-corrected chi connectivity index (χ4v) is 1.53. The normalized spacial score (nSPS) is 13.8. The van der Waals surface area contributed by atoms with Gasteiger partial charge in [-0.2, -0.15) is 0 Å². The molecular weight excluding hydrogens is 248 g/mol. The maximum absolute atomic E-state index is 9.74. The van der Waals surface area contributed by atoms with Crippen molar-refractivity contribution in [3.8, 4) is 5.75 Å². The Kier molecular flexibility index (Phi) is 4.42. The van der Waals surface area contributed by atoms with Crippen LogP contribution >= 0.6 is 11.6 Å². The SMILES string of the molecule is [N-]=[N+]=NCC(O)C(O)c1cc(Cl)cc(N)c1O. The lowest BCUT2D eigenvalue weighted by molar-refractivity contribution is 0.0231. The standard InChI is InChI=1S/C9H11ClN4O3/c10-4-1-5(8(16)6(11)2-4)9(17)7(15)3-13-14-12/h1-2,7,9,15-17H,3,11H2. The second kappa shape index (κ2) is 5.60. The van der Waals surface area contributed by atoms with Gasteiger partial charge in [-0.3, -0.25) is 0 Å². The molecule has 0 aliphatic heterocycles. The molecule has 1 aromatic carbocycles. The smallest absolute Gasteiger partial charge is 0.144 e. The quantitative estimate of drug-likeness (QED) is 0.213. The van der Waals surface area contributed by atoms with Crippen molar-refractivity contribution in [1.82, 2.24) is 0 Å². The van der Waals surface area contributed by atoms with Gasteiger partial charge in [-0.25, -0.2) is 0 Å². The zero-order valence-corrected chi connectivity index (χ0v) is 9.41. The van der Waals surface area contributed by atoms with Gasteiger partial charge in [-0.05, 0) is 17.7 Å². The molecule has 5 N–H and O–H groups in total. The molecular formula is C9H11ClN4O3. The molecule has 0 fully saturated rings. The van der Waals surface area contributed by atoms with E-state index in [-0.39, 0.29) is 28.6 Å². The van der Waals surface area contributed by atoms with Crippen molar-refractivity contribution in [3.63, 3.8) is 0 Å². The lowest BCUT2D eigenvalue weighted by Gasteiger charge is -2.18. The van der Waals surface area contributed by atoms with E-state index in [1.165, 1.54) is 12.1 Å². The van der Waals surface area contributed by atoms with Crippen LogP contribution in [0.5, 0.6) is 5.75 Å². The number of hydrogen-bond acceptors (Lipinski definition) is 5. The summed E-state index contributed by atoms with van der Waals surface area (Å²) in [6, 6.07) is 2.59. The molecule has 0 spiro atoms. The largest absolute Gasteiger partial charge is 0.505 e. The van der Waals surface area contributed by atoms with Crippen LogP contribution in [0, 0.1) is 0 Å². The minimum absolute atomic E-state index is 0.0115. The van der Waals surface area contributed by atoms with Crippen LogP contribution in [0.2, 0.25) is 5.02 Å². The number of aliphatic hydroxyl groups excluding tert-OH is 2. The summed E-state index contributed by atoms with van der Waals surface area (Å²) in [5.41, 5.74) is 13.5. The lowest BCUT2D eigenvalue weighted by Crippen LogP contribution is -2.21. The number of azide groups is 1. The molecule has 0 bridgehead atoms. The molecule has 0 aliphatic carbocycles. The number of aromatic hydroxyl groups is 1. The Morgan fingerprint density at radius 3 is 2.71 bits per heavy atom. The second-order valence-corrected chi connectivity index (χ2v) is 3.79. The Morgan fingerprint density at radius 2 is 2.12 bits per heavy atom. The fourth-order valence-electron chi connectivity index (χ4n) is 1.29. The van der Waals surface area contributed by atoms with Crippen LogP contribution in [-0.2, 0) is 0 Å². The van der Waals surface area contributed by atoms with E-state index in [4.69, 9.17) is 22.9 Å². The Bertz CT molecular complexity index is 462. The first-order chi connectivity index (χ1) is 7.97. The van der Waals surface area contributed by atoms with E-state index < -0.39 is 12.2 Å². The van der Waals surface area contributed by atoms with Crippen LogP contribution in [0.4, 0.5) is 5.69 Å². The van der Waals surface area contributed by atoms with Crippen molar-refractivity contribution >= 4 is 17.3 Å². The van der Waals surface area contributed by atoms with Gasteiger partial charge in [-0.15, -0.1) is 0 Å². The molecule has 8 heteroatoms. The van der Waals surface area contributed by atoms with Crippen molar-refractivity contribution in [2.24, 2.45) is 5.11 Å². The lowest BCUT2D eigenvalue weighted by atomic mass is 10.0. The van der Waals surface area contributed by atoms with E-state index in [9.17, 15) is 15.3 Å². The number of aliphatic hydroxyl groups is 2. The van der Waals surface area contributed by atoms with Gasteiger partial charge < -0.3 is 21.1 Å². The van der Waals surface area contributed by atoms with Gasteiger partial charge in [0.1, 0.15) is 11.9 Å². The van der Waals surface area contributed by atoms with Gasteiger partial charge in [0.25, 0.3) is 0 Å². The van der Waals surface area contributed by atoms with Gasteiger partial charge in [0.2, 0.25) is 0 Å². The topological polar surface area (TPSA) is 135 Å². The molecule has 0 aromatic heterocycles. The molecule has 17 heavy (non-hydrogen) atoms. The van der Waals surface area contributed by atoms with Crippen LogP contribution in [0.1, 0.15) is 11.7 Å². The molecule has 2 unspecified atom stereocenters. The van der Waals surface area contributed by atoms with Crippen molar-refractivity contribution in [2.45, 2.75) is 12.2 Å². The Labute approximate surface area is 102 Å². The van der Waals surface area contributed by atoms with E-state index in [0.717, 1.165) is 0 Å². The Morgan fingerprint density at radius 1 is 1.47 bits per heavy atom.